The molecule has 0 aliphatic carbocycles. The lowest BCUT2D eigenvalue weighted by atomic mass is 9.95. The van der Waals surface area contributed by atoms with Crippen LogP contribution in [0.4, 0.5) is 10.5 Å². The molecule has 0 atom stereocenters. The first-order valence-corrected chi connectivity index (χ1v) is 14.5. The van der Waals surface area contributed by atoms with Crippen LogP contribution in [0.15, 0.2) is 134 Å². The second kappa shape index (κ2) is 12.3. The van der Waals surface area contributed by atoms with Crippen molar-refractivity contribution in [2.45, 2.75) is 26.4 Å². The molecule has 6 nitrogen and oxygen atoms in total. The van der Waals surface area contributed by atoms with Crippen LogP contribution < -0.4 is 5.32 Å². The maximum atomic E-state index is 12.2. The minimum absolute atomic E-state index is 0.472. The molecule has 0 saturated carbocycles. The molecular weight excluding hydrogens is 544 g/mol. The summed E-state index contributed by atoms with van der Waals surface area (Å²) in [6, 6.07) is 40.6. The Hall–Kier alpha value is -5.62. The second-order valence-electron chi connectivity index (χ2n) is 11.4. The van der Waals surface area contributed by atoms with Gasteiger partial charge in [0, 0.05) is 18.1 Å². The molecule has 3 aromatic carbocycles. The normalized spacial score (nSPS) is 11.2. The highest BCUT2D eigenvalue weighted by Gasteiger charge is 2.16. The van der Waals surface area contributed by atoms with Crippen LogP contribution in [-0.2, 0) is 4.74 Å². The maximum Gasteiger partial charge on any atom is 0.412 e. The molecule has 0 bridgehead atoms. The zero-order valence-electron chi connectivity index (χ0n) is 24.9. The number of rotatable bonds is 6. The van der Waals surface area contributed by atoms with Gasteiger partial charge in [-0.05, 0) is 115 Å². The Balaban J connectivity index is 1.30. The number of hydrogen-bond donors (Lipinski definition) is 1. The largest absolute Gasteiger partial charge is 0.444 e. The van der Waals surface area contributed by atoms with Gasteiger partial charge >= 0.3 is 6.09 Å². The quantitative estimate of drug-likeness (QED) is 0.214. The molecule has 0 fully saturated rings. The van der Waals surface area contributed by atoms with Gasteiger partial charge in [0.05, 0.1) is 22.8 Å². The number of benzene rings is 3. The van der Waals surface area contributed by atoms with Crippen molar-refractivity contribution in [2.24, 2.45) is 0 Å². The SMILES string of the molecule is CC(C)(C)OC(=O)Nc1ccc(-c2cccc(-c3cccc(-c4cc(-c5ccccn5)nc(-c5ccccn5)c4)c3)c2)cc1. The topological polar surface area (TPSA) is 77.0 Å². The average Bonchev–Trinajstić information content (AvgIpc) is 3.05. The zero-order valence-corrected chi connectivity index (χ0v) is 24.9. The third-order valence-electron chi connectivity index (χ3n) is 6.94. The van der Waals surface area contributed by atoms with Crippen molar-refractivity contribution < 1.29 is 9.53 Å². The van der Waals surface area contributed by atoms with Crippen LogP contribution in [0, 0.1) is 0 Å². The third kappa shape index (κ3) is 6.88. The monoisotopic (exact) mass is 576 g/mol. The number of amides is 1. The van der Waals surface area contributed by atoms with Crippen LogP contribution in [0.5, 0.6) is 0 Å². The van der Waals surface area contributed by atoms with Crippen molar-refractivity contribution >= 4 is 11.8 Å². The fourth-order valence-corrected chi connectivity index (χ4v) is 4.91. The summed E-state index contributed by atoms with van der Waals surface area (Å²) in [5.41, 5.74) is 9.76. The molecule has 44 heavy (non-hydrogen) atoms. The van der Waals surface area contributed by atoms with E-state index in [1.807, 2.05) is 81.4 Å². The molecule has 3 heterocycles. The average molecular weight is 577 g/mol. The van der Waals surface area contributed by atoms with Crippen LogP contribution in [-0.4, -0.2) is 26.6 Å². The first kappa shape index (κ1) is 28.5. The van der Waals surface area contributed by atoms with E-state index in [2.05, 4.69) is 75.9 Å². The van der Waals surface area contributed by atoms with Gasteiger partial charge in [-0.2, -0.15) is 0 Å². The number of hydrogen-bond acceptors (Lipinski definition) is 5. The number of aromatic nitrogens is 3. The first-order valence-electron chi connectivity index (χ1n) is 14.5. The molecule has 6 rings (SSSR count). The number of nitrogens with zero attached hydrogens (tertiary/aromatic N) is 3. The summed E-state index contributed by atoms with van der Waals surface area (Å²) in [4.78, 5) is 26.2. The summed E-state index contributed by atoms with van der Waals surface area (Å²) in [5.74, 6) is 0. The summed E-state index contributed by atoms with van der Waals surface area (Å²) in [6.45, 7) is 5.52. The molecule has 3 aromatic heterocycles. The molecule has 1 N–H and O–H groups in total. The van der Waals surface area contributed by atoms with Gasteiger partial charge in [0.25, 0.3) is 0 Å². The molecule has 0 radical (unpaired) electrons. The Morgan fingerprint density at radius 3 is 1.52 bits per heavy atom. The standard InChI is InChI=1S/C38H32N4O2/c1-38(2,3)44-37(43)41-32-18-16-26(17-19-32)27-10-8-11-28(22-27)29-12-9-13-30(23-29)31-24-35(33-14-4-6-20-39-33)42-36(25-31)34-15-5-7-21-40-34/h4-25H,1-3H3,(H,41,43). The first-order chi connectivity index (χ1) is 21.3. The molecule has 6 aromatic rings. The minimum Gasteiger partial charge on any atom is -0.444 e. The van der Waals surface area contributed by atoms with Crippen molar-refractivity contribution in [1.29, 1.82) is 0 Å². The molecule has 216 valence electrons. The summed E-state index contributed by atoms with van der Waals surface area (Å²) in [7, 11) is 0. The van der Waals surface area contributed by atoms with E-state index in [1.54, 1.807) is 12.4 Å². The number of anilines is 1. The Labute approximate surface area is 257 Å². The summed E-state index contributed by atoms with van der Waals surface area (Å²) >= 11 is 0. The van der Waals surface area contributed by atoms with Crippen molar-refractivity contribution in [3.05, 3.63) is 134 Å². The van der Waals surface area contributed by atoms with E-state index in [1.165, 1.54) is 0 Å². The van der Waals surface area contributed by atoms with E-state index >= 15 is 0 Å². The molecule has 0 aliphatic heterocycles. The number of carbonyl (C=O) groups excluding carboxylic acids is 1. The predicted octanol–water partition coefficient (Wildman–Crippen LogP) is 9.55. The molecule has 0 spiro atoms. The van der Waals surface area contributed by atoms with Gasteiger partial charge in [0.15, 0.2) is 0 Å². The van der Waals surface area contributed by atoms with E-state index in [0.717, 1.165) is 56.2 Å². The van der Waals surface area contributed by atoms with Gasteiger partial charge < -0.3 is 4.74 Å². The minimum atomic E-state index is -0.554. The van der Waals surface area contributed by atoms with E-state index in [0.29, 0.717) is 5.69 Å². The third-order valence-corrected chi connectivity index (χ3v) is 6.94. The Morgan fingerprint density at radius 2 is 1.05 bits per heavy atom. The van der Waals surface area contributed by atoms with Gasteiger partial charge in [0.2, 0.25) is 0 Å². The van der Waals surface area contributed by atoms with Crippen molar-refractivity contribution in [2.75, 3.05) is 5.32 Å². The highest BCUT2D eigenvalue weighted by Crippen LogP contribution is 2.33. The number of nitrogens with one attached hydrogen (secondary N) is 1. The van der Waals surface area contributed by atoms with Crippen LogP contribution in [0.3, 0.4) is 0 Å². The lowest BCUT2D eigenvalue weighted by Crippen LogP contribution is -2.27. The highest BCUT2D eigenvalue weighted by atomic mass is 16.6. The van der Waals surface area contributed by atoms with E-state index < -0.39 is 11.7 Å². The van der Waals surface area contributed by atoms with Gasteiger partial charge in [0.1, 0.15) is 5.60 Å². The highest BCUT2D eigenvalue weighted by molar-refractivity contribution is 5.86. The van der Waals surface area contributed by atoms with Crippen LogP contribution in [0.1, 0.15) is 20.8 Å². The Morgan fingerprint density at radius 1 is 0.545 bits per heavy atom. The zero-order chi connectivity index (χ0) is 30.5. The Bertz CT molecular complexity index is 1840. The van der Waals surface area contributed by atoms with E-state index in [4.69, 9.17) is 9.72 Å². The molecule has 1 amide bonds. The summed E-state index contributed by atoms with van der Waals surface area (Å²) in [6.07, 6.45) is 3.09. The lowest BCUT2D eigenvalue weighted by Gasteiger charge is -2.19. The molecule has 0 unspecified atom stereocenters. The molecule has 6 heteroatoms. The number of pyridine rings is 3. The van der Waals surface area contributed by atoms with Crippen molar-refractivity contribution in [1.82, 2.24) is 15.0 Å². The molecule has 0 saturated heterocycles. The molecule has 0 aliphatic rings. The Kier molecular flexibility index (Phi) is 7.98. The maximum absolute atomic E-state index is 12.2. The summed E-state index contributed by atoms with van der Waals surface area (Å²) < 4.78 is 5.36. The fourth-order valence-electron chi connectivity index (χ4n) is 4.91. The second-order valence-corrected chi connectivity index (χ2v) is 11.4. The van der Waals surface area contributed by atoms with Crippen molar-refractivity contribution in [3.8, 4) is 56.2 Å². The number of carbonyl (C=O) groups is 1. The smallest absolute Gasteiger partial charge is 0.412 e. The van der Waals surface area contributed by atoms with Gasteiger partial charge in [-0.25, -0.2) is 9.78 Å². The number of ether oxygens (including phenoxy) is 1. The van der Waals surface area contributed by atoms with Gasteiger partial charge in [-0.3, -0.25) is 15.3 Å². The van der Waals surface area contributed by atoms with Crippen LogP contribution in [0.25, 0.3) is 56.2 Å². The van der Waals surface area contributed by atoms with E-state index in [9.17, 15) is 4.79 Å². The summed E-state index contributed by atoms with van der Waals surface area (Å²) in [5, 5.41) is 2.79. The van der Waals surface area contributed by atoms with Crippen LogP contribution in [0.2, 0.25) is 0 Å². The van der Waals surface area contributed by atoms with Crippen LogP contribution >= 0.6 is 0 Å². The lowest BCUT2D eigenvalue weighted by molar-refractivity contribution is 0.0636. The fraction of sp³-hybridized carbons (Fsp3) is 0.105. The van der Waals surface area contributed by atoms with Gasteiger partial charge in [-0.15, -0.1) is 0 Å². The van der Waals surface area contributed by atoms with Gasteiger partial charge in [-0.1, -0.05) is 60.7 Å². The van der Waals surface area contributed by atoms with Crippen molar-refractivity contribution in [3.63, 3.8) is 0 Å². The predicted molar refractivity (Wildman–Crippen MR) is 177 cm³/mol. The molecular formula is C38H32N4O2. The van der Waals surface area contributed by atoms with E-state index in [-0.39, 0.29) is 0 Å².